The van der Waals surface area contributed by atoms with Crippen LogP contribution < -0.4 is 14.9 Å². The van der Waals surface area contributed by atoms with Gasteiger partial charge >= 0.3 is 12.6 Å². The molecule has 1 aliphatic rings. The number of methoxy groups -OCH3 is 2. The van der Waals surface area contributed by atoms with Crippen molar-refractivity contribution in [3.05, 3.63) is 51.3 Å². The van der Waals surface area contributed by atoms with E-state index < -0.39 is 18.0 Å². The number of carbonyl (C=O) groups excluding carboxylic acids is 1. The van der Waals surface area contributed by atoms with Crippen molar-refractivity contribution in [2.45, 2.75) is 47.1 Å². The number of esters is 1. The lowest BCUT2D eigenvalue weighted by atomic mass is 9.68. The average molecular weight is 475 g/mol. The first-order valence-electron chi connectivity index (χ1n) is 10.4. The summed E-state index contributed by atoms with van der Waals surface area (Å²) in [4.78, 5) is 33.4. The number of fused-ring (bicyclic) bond motifs is 5. The van der Waals surface area contributed by atoms with Crippen LogP contribution in [0.4, 0.5) is 8.78 Å². The molecule has 0 fully saturated rings. The quantitative estimate of drug-likeness (QED) is 0.516. The third-order valence-corrected chi connectivity index (χ3v) is 6.05. The van der Waals surface area contributed by atoms with Crippen LogP contribution in [-0.4, -0.2) is 36.8 Å². The molecule has 2 heterocycles. The Bertz CT molecular complexity index is 1310. The zero-order valence-electron chi connectivity index (χ0n) is 18.9. The zero-order valence-corrected chi connectivity index (χ0v) is 18.9. The molecule has 1 aliphatic carbocycles. The smallest absolute Gasteiger partial charge is 0.387 e. The molecular weight excluding hydrogens is 446 g/mol. The molecule has 1 aromatic carbocycles. The molecule has 0 saturated heterocycles. The van der Waals surface area contributed by atoms with E-state index in [-0.39, 0.29) is 36.0 Å². The number of hydrogen-bond donors (Lipinski definition) is 1. The summed E-state index contributed by atoms with van der Waals surface area (Å²) in [5.74, 6) is -1.27. The van der Waals surface area contributed by atoms with Gasteiger partial charge in [0.15, 0.2) is 11.3 Å². The Hall–Kier alpha value is -3.49. The fourth-order valence-corrected chi connectivity index (χ4v) is 4.53. The van der Waals surface area contributed by atoms with Gasteiger partial charge in [0.25, 0.3) is 0 Å². The van der Waals surface area contributed by atoms with Crippen molar-refractivity contribution in [3.8, 4) is 22.9 Å². The fraction of sp³-hybridized carbons (Fsp3) is 0.400. The molecule has 0 amide bonds. The first kappa shape index (κ1) is 25.1. The average Bonchev–Trinajstić information content (AvgIpc) is 2.77. The van der Waals surface area contributed by atoms with E-state index in [9.17, 15) is 18.4 Å². The van der Waals surface area contributed by atoms with Crippen LogP contribution in [-0.2, 0) is 11.2 Å². The molecular formula is C25H28F2N2O5. The summed E-state index contributed by atoms with van der Waals surface area (Å²) in [6.45, 7) is 2.96. The number of aromatic amines is 1. The largest absolute Gasteiger partial charge is 0.482 e. The van der Waals surface area contributed by atoms with Gasteiger partial charge in [0.05, 0.1) is 19.9 Å². The Morgan fingerprint density at radius 1 is 1.26 bits per heavy atom. The van der Waals surface area contributed by atoms with E-state index in [1.54, 1.807) is 12.1 Å². The molecule has 0 aliphatic heterocycles. The monoisotopic (exact) mass is 474 g/mol. The highest BCUT2D eigenvalue weighted by atomic mass is 19.3. The second-order valence-corrected chi connectivity index (χ2v) is 8.94. The van der Waals surface area contributed by atoms with Crippen LogP contribution in [0.1, 0.15) is 55.6 Å². The number of benzene rings is 1. The van der Waals surface area contributed by atoms with Crippen LogP contribution in [0.3, 0.4) is 0 Å². The second-order valence-electron chi connectivity index (χ2n) is 8.94. The minimum absolute atomic E-state index is 0. The van der Waals surface area contributed by atoms with Crippen molar-refractivity contribution in [1.29, 1.82) is 0 Å². The number of alkyl halides is 2. The molecule has 0 saturated carbocycles. The van der Waals surface area contributed by atoms with E-state index in [1.807, 2.05) is 20.8 Å². The van der Waals surface area contributed by atoms with Crippen molar-refractivity contribution in [2.24, 2.45) is 5.41 Å². The predicted molar refractivity (Wildman–Crippen MR) is 125 cm³/mol. The molecule has 9 heteroatoms. The van der Waals surface area contributed by atoms with Gasteiger partial charge < -0.3 is 19.2 Å². The third-order valence-electron chi connectivity index (χ3n) is 6.05. The number of carbonyl (C=O) groups is 1. The second kappa shape index (κ2) is 9.04. The molecule has 182 valence electrons. The summed E-state index contributed by atoms with van der Waals surface area (Å²) >= 11 is 0. The highest BCUT2D eigenvalue weighted by molar-refractivity contribution is 5.97. The minimum atomic E-state index is -3.05. The molecule has 1 N–H and O–H groups in total. The molecule has 0 bridgehead atoms. The summed E-state index contributed by atoms with van der Waals surface area (Å²) < 4.78 is 41.3. The van der Waals surface area contributed by atoms with Gasteiger partial charge in [-0.05, 0) is 35.4 Å². The number of halogens is 2. The van der Waals surface area contributed by atoms with Gasteiger partial charge in [-0.2, -0.15) is 8.78 Å². The number of nitrogens with zero attached hydrogens (tertiary/aromatic N) is 1. The molecule has 1 atom stereocenters. The number of ether oxygens (including phenoxy) is 3. The number of aromatic nitrogens is 2. The van der Waals surface area contributed by atoms with E-state index in [1.165, 1.54) is 26.5 Å². The molecule has 4 rings (SSSR count). The maximum Gasteiger partial charge on any atom is 0.387 e. The van der Waals surface area contributed by atoms with Crippen molar-refractivity contribution in [3.63, 3.8) is 0 Å². The van der Waals surface area contributed by atoms with Crippen LogP contribution in [0.2, 0.25) is 0 Å². The zero-order chi connectivity index (χ0) is 24.1. The van der Waals surface area contributed by atoms with Crippen LogP contribution >= 0.6 is 0 Å². The predicted octanol–water partition coefficient (Wildman–Crippen LogP) is 5.31. The Labute approximate surface area is 196 Å². The first-order valence-corrected chi connectivity index (χ1v) is 10.4. The van der Waals surface area contributed by atoms with Crippen molar-refractivity contribution >= 4 is 16.9 Å². The Kier molecular flexibility index (Phi) is 6.68. The molecule has 7 nitrogen and oxygen atoms in total. The number of pyridine rings is 2. The normalized spacial score (nSPS) is 14.8. The van der Waals surface area contributed by atoms with E-state index in [2.05, 4.69) is 9.97 Å². The number of rotatable bonds is 4. The molecule has 34 heavy (non-hydrogen) atoms. The molecule has 2 aromatic heterocycles. The first-order chi connectivity index (χ1) is 15.6. The lowest BCUT2D eigenvalue weighted by Gasteiger charge is -2.37. The van der Waals surface area contributed by atoms with Crippen LogP contribution in [0, 0.1) is 5.41 Å². The lowest BCUT2D eigenvalue weighted by Crippen LogP contribution is -2.33. The Balaban J connectivity index is 0.00000324. The lowest BCUT2D eigenvalue weighted by molar-refractivity contribution is -0.0489. The highest BCUT2D eigenvalue weighted by Gasteiger charge is 2.39. The summed E-state index contributed by atoms with van der Waals surface area (Å²) in [6.07, 6.45) is 1.96. The maximum atomic E-state index is 13.6. The van der Waals surface area contributed by atoms with Gasteiger partial charge in [0.2, 0.25) is 11.3 Å². The third kappa shape index (κ3) is 3.99. The van der Waals surface area contributed by atoms with E-state index in [0.717, 1.165) is 5.56 Å². The van der Waals surface area contributed by atoms with Crippen LogP contribution in [0.5, 0.6) is 11.6 Å². The summed E-state index contributed by atoms with van der Waals surface area (Å²) in [5, 5.41) is 0.655. The Morgan fingerprint density at radius 3 is 2.56 bits per heavy atom. The molecule has 0 spiro atoms. The standard InChI is InChI=1S/C24H24F2N2O5.CH4/c1-24(2,3)14-9-12-11-7-6-8-27-18(11)15(33-23(25)26)10-13(12)19-16(14)20(29)17(22(30)32-5)21(28-19)31-4;/h6-8,10,14,23H,9H2,1-5H3,(H,28,29);1H4. The van der Waals surface area contributed by atoms with Gasteiger partial charge in [-0.3, -0.25) is 9.78 Å². The van der Waals surface area contributed by atoms with Crippen LogP contribution in [0.25, 0.3) is 22.2 Å². The number of nitrogens with one attached hydrogen (secondary N) is 1. The molecule has 3 aromatic rings. The van der Waals surface area contributed by atoms with E-state index in [0.29, 0.717) is 34.1 Å². The SMILES string of the molecule is C.COC(=O)c1c(OC)[nH]c2c(c1=O)C(C(C)(C)C)Cc1c-2cc(OC(F)F)c2ncccc12. The number of H-pyrrole nitrogens is 1. The fourth-order valence-electron chi connectivity index (χ4n) is 4.53. The van der Waals surface area contributed by atoms with Gasteiger partial charge in [0, 0.05) is 22.7 Å². The Morgan fingerprint density at radius 2 is 1.97 bits per heavy atom. The maximum absolute atomic E-state index is 13.6. The van der Waals surface area contributed by atoms with Crippen molar-refractivity contribution in [1.82, 2.24) is 9.97 Å². The van der Waals surface area contributed by atoms with Gasteiger partial charge in [-0.25, -0.2) is 4.79 Å². The minimum Gasteiger partial charge on any atom is -0.482 e. The summed E-state index contributed by atoms with van der Waals surface area (Å²) in [7, 11) is 2.51. The highest BCUT2D eigenvalue weighted by Crippen LogP contribution is 2.49. The molecule has 0 radical (unpaired) electrons. The topological polar surface area (TPSA) is 90.5 Å². The number of hydrogen-bond acceptors (Lipinski definition) is 6. The van der Waals surface area contributed by atoms with Crippen molar-refractivity contribution in [2.75, 3.05) is 14.2 Å². The summed E-state index contributed by atoms with van der Waals surface area (Å²) in [6, 6.07) is 4.98. The van der Waals surface area contributed by atoms with Crippen LogP contribution in [0.15, 0.2) is 29.2 Å². The molecule has 1 unspecified atom stereocenters. The van der Waals surface area contributed by atoms with E-state index in [4.69, 9.17) is 14.2 Å². The van der Waals surface area contributed by atoms with Crippen molar-refractivity contribution < 1.29 is 27.8 Å². The van der Waals surface area contributed by atoms with Gasteiger partial charge in [-0.1, -0.05) is 34.3 Å². The van der Waals surface area contributed by atoms with Gasteiger partial charge in [0.1, 0.15) is 5.52 Å². The summed E-state index contributed by atoms with van der Waals surface area (Å²) in [5.41, 5.74) is 1.34. The van der Waals surface area contributed by atoms with E-state index >= 15 is 0 Å². The van der Waals surface area contributed by atoms with Gasteiger partial charge in [-0.15, -0.1) is 0 Å².